The van der Waals surface area contributed by atoms with Gasteiger partial charge in [-0.25, -0.2) is 14.3 Å². The van der Waals surface area contributed by atoms with Gasteiger partial charge in [0.25, 0.3) is 5.91 Å². The number of nitrogens with one attached hydrogen (secondary N) is 1. The molecule has 1 aliphatic rings. The number of nitrogens with zero attached hydrogens (tertiary/aromatic N) is 2. The maximum atomic E-state index is 14.0. The summed E-state index contributed by atoms with van der Waals surface area (Å²) in [6, 6.07) is 7.23. The number of sulfone groups is 1. The molecule has 13 heteroatoms. The third kappa shape index (κ3) is 7.71. The lowest BCUT2D eigenvalue weighted by Gasteiger charge is -2.37. The standard InChI is InChI=1S/C26H32ClF3N4O4S/c1-3-24(35)34(31)21-6-5-11-33(16-21)15-18-8-7-17(13-22(18)26(28,29)30)25(36)32-14-19-12-20(27)9-10-23(19)39(37,38)4-2/h7-10,12-13,21H,3-6,11,14-16,31H2,1-2H3,(H,32,36). The molecule has 1 aliphatic heterocycles. The fourth-order valence-electron chi connectivity index (χ4n) is 4.57. The summed E-state index contributed by atoms with van der Waals surface area (Å²) in [4.78, 5) is 26.6. The van der Waals surface area contributed by atoms with E-state index < -0.39 is 27.5 Å². The second kappa shape index (κ2) is 12.7. The Kier molecular flexibility index (Phi) is 10.0. The van der Waals surface area contributed by atoms with Gasteiger partial charge in [-0.2, -0.15) is 13.2 Å². The fourth-order valence-corrected chi connectivity index (χ4v) is 5.88. The molecule has 0 spiro atoms. The highest BCUT2D eigenvalue weighted by molar-refractivity contribution is 7.91. The molecule has 0 radical (unpaired) electrons. The molecule has 0 aromatic heterocycles. The Morgan fingerprint density at radius 1 is 1.15 bits per heavy atom. The number of halogens is 4. The van der Waals surface area contributed by atoms with Crippen molar-refractivity contribution in [2.45, 2.75) is 63.3 Å². The summed E-state index contributed by atoms with van der Waals surface area (Å²) in [6.45, 7) is 3.79. The molecule has 2 aromatic rings. The second-order valence-electron chi connectivity index (χ2n) is 9.39. The molecule has 3 N–H and O–H groups in total. The Balaban J connectivity index is 1.79. The predicted molar refractivity (Wildman–Crippen MR) is 141 cm³/mol. The van der Waals surface area contributed by atoms with Gasteiger partial charge in [-0.05, 0) is 60.8 Å². The van der Waals surface area contributed by atoms with E-state index in [1.807, 2.05) is 4.90 Å². The van der Waals surface area contributed by atoms with E-state index in [9.17, 15) is 31.2 Å². The van der Waals surface area contributed by atoms with E-state index >= 15 is 0 Å². The van der Waals surface area contributed by atoms with Crippen molar-refractivity contribution in [3.63, 3.8) is 0 Å². The van der Waals surface area contributed by atoms with Gasteiger partial charge in [0.05, 0.1) is 22.3 Å². The van der Waals surface area contributed by atoms with Crippen LogP contribution in [0.3, 0.4) is 0 Å². The number of hydrazine groups is 1. The first-order valence-electron chi connectivity index (χ1n) is 12.5. The van der Waals surface area contributed by atoms with Gasteiger partial charge in [0.2, 0.25) is 5.91 Å². The lowest BCUT2D eigenvalue weighted by Crippen LogP contribution is -2.53. The number of amides is 2. The van der Waals surface area contributed by atoms with E-state index in [-0.39, 0.29) is 63.8 Å². The van der Waals surface area contributed by atoms with Crippen molar-refractivity contribution in [2.24, 2.45) is 5.84 Å². The molecule has 1 atom stereocenters. The zero-order valence-corrected chi connectivity index (χ0v) is 23.3. The van der Waals surface area contributed by atoms with Gasteiger partial charge in [-0.1, -0.05) is 31.5 Å². The van der Waals surface area contributed by atoms with Crippen LogP contribution in [-0.2, 0) is 33.9 Å². The van der Waals surface area contributed by atoms with Crippen LogP contribution in [0.5, 0.6) is 0 Å². The van der Waals surface area contributed by atoms with Gasteiger partial charge in [-0.15, -0.1) is 0 Å². The number of piperidine rings is 1. The van der Waals surface area contributed by atoms with Crippen molar-refractivity contribution in [1.29, 1.82) is 0 Å². The lowest BCUT2D eigenvalue weighted by molar-refractivity contribution is -0.138. The first kappa shape index (κ1) is 30.9. The molecular formula is C26H32ClF3N4O4S. The maximum Gasteiger partial charge on any atom is 0.416 e. The molecule has 2 amide bonds. The highest BCUT2D eigenvalue weighted by Crippen LogP contribution is 2.34. The summed E-state index contributed by atoms with van der Waals surface area (Å²) in [5.74, 6) is 4.74. The molecule has 0 aliphatic carbocycles. The summed E-state index contributed by atoms with van der Waals surface area (Å²) in [5.41, 5.74) is -0.925. The Morgan fingerprint density at radius 2 is 1.87 bits per heavy atom. The summed E-state index contributed by atoms with van der Waals surface area (Å²) in [6.07, 6.45) is -3.13. The SMILES string of the molecule is CCC(=O)N(N)C1CCCN(Cc2ccc(C(=O)NCc3cc(Cl)ccc3S(=O)(=O)CC)cc2C(F)(F)F)C1. The van der Waals surface area contributed by atoms with E-state index in [0.717, 1.165) is 6.07 Å². The highest BCUT2D eigenvalue weighted by atomic mass is 35.5. The Morgan fingerprint density at radius 3 is 2.51 bits per heavy atom. The summed E-state index contributed by atoms with van der Waals surface area (Å²) >= 11 is 6.00. The minimum absolute atomic E-state index is 0.00227. The summed E-state index contributed by atoms with van der Waals surface area (Å²) < 4.78 is 66.8. The Labute approximate surface area is 231 Å². The van der Waals surface area contributed by atoms with Crippen molar-refractivity contribution in [3.05, 3.63) is 63.7 Å². The molecule has 8 nitrogen and oxygen atoms in total. The predicted octanol–water partition coefficient (Wildman–Crippen LogP) is 4.16. The quantitative estimate of drug-likeness (QED) is 0.258. The van der Waals surface area contributed by atoms with E-state index in [1.165, 1.54) is 42.3 Å². The number of rotatable bonds is 9. The molecule has 1 fully saturated rings. The van der Waals surface area contributed by atoms with Gasteiger partial charge in [0.1, 0.15) is 0 Å². The van der Waals surface area contributed by atoms with Crippen molar-refractivity contribution in [1.82, 2.24) is 15.2 Å². The minimum Gasteiger partial charge on any atom is -0.348 e. The topological polar surface area (TPSA) is 113 Å². The van der Waals surface area contributed by atoms with Crippen molar-refractivity contribution >= 4 is 33.3 Å². The van der Waals surface area contributed by atoms with Gasteiger partial charge < -0.3 is 5.32 Å². The number of benzene rings is 2. The van der Waals surface area contributed by atoms with E-state index in [2.05, 4.69) is 5.32 Å². The molecule has 2 aromatic carbocycles. The average Bonchev–Trinajstić information content (AvgIpc) is 2.90. The zero-order chi connectivity index (χ0) is 29.0. The van der Waals surface area contributed by atoms with E-state index in [0.29, 0.717) is 25.9 Å². The molecular weight excluding hydrogens is 557 g/mol. The van der Waals surface area contributed by atoms with Gasteiger partial charge in [-0.3, -0.25) is 19.5 Å². The van der Waals surface area contributed by atoms with Crippen LogP contribution >= 0.6 is 11.6 Å². The smallest absolute Gasteiger partial charge is 0.348 e. The molecule has 39 heavy (non-hydrogen) atoms. The second-order valence-corrected chi connectivity index (χ2v) is 12.1. The number of hydrogen-bond donors (Lipinski definition) is 2. The summed E-state index contributed by atoms with van der Waals surface area (Å²) in [5, 5.41) is 3.93. The fraction of sp³-hybridized carbons (Fsp3) is 0.462. The monoisotopic (exact) mass is 588 g/mol. The van der Waals surface area contributed by atoms with Crippen LogP contribution in [0.1, 0.15) is 60.2 Å². The van der Waals surface area contributed by atoms with Crippen LogP contribution in [0.4, 0.5) is 13.2 Å². The molecule has 0 bridgehead atoms. The molecule has 1 saturated heterocycles. The Hall–Kier alpha value is -2.67. The molecule has 0 saturated carbocycles. The maximum absolute atomic E-state index is 14.0. The average molecular weight is 589 g/mol. The van der Waals surface area contributed by atoms with Crippen molar-refractivity contribution < 1.29 is 31.2 Å². The largest absolute Gasteiger partial charge is 0.416 e. The number of hydrogen-bond acceptors (Lipinski definition) is 6. The third-order valence-corrected chi connectivity index (χ3v) is 8.78. The van der Waals surface area contributed by atoms with Gasteiger partial charge in [0.15, 0.2) is 9.84 Å². The first-order chi connectivity index (χ1) is 18.3. The first-order valence-corrected chi connectivity index (χ1v) is 14.6. The Bertz CT molecular complexity index is 1320. The normalized spacial score (nSPS) is 16.6. The van der Waals surface area contributed by atoms with Crippen LogP contribution < -0.4 is 11.2 Å². The van der Waals surface area contributed by atoms with E-state index in [4.69, 9.17) is 17.4 Å². The molecule has 1 unspecified atom stereocenters. The molecule has 214 valence electrons. The number of likely N-dealkylation sites (tertiary alicyclic amines) is 1. The van der Waals surface area contributed by atoms with Crippen LogP contribution in [0.15, 0.2) is 41.3 Å². The zero-order valence-electron chi connectivity index (χ0n) is 21.7. The van der Waals surface area contributed by atoms with Crippen molar-refractivity contribution in [2.75, 3.05) is 18.8 Å². The number of carbonyl (C=O) groups is 2. The van der Waals surface area contributed by atoms with Crippen LogP contribution in [-0.4, -0.2) is 55.0 Å². The van der Waals surface area contributed by atoms with Crippen LogP contribution in [0, 0.1) is 0 Å². The number of alkyl halides is 3. The molecule has 3 rings (SSSR count). The minimum atomic E-state index is -4.71. The highest BCUT2D eigenvalue weighted by Gasteiger charge is 2.35. The van der Waals surface area contributed by atoms with Gasteiger partial charge in [0, 0.05) is 36.6 Å². The van der Waals surface area contributed by atoms with Crippen LogP contribution in [0.25, 0.3) is 0 Å². The molecule has 1 heterocycles. The van der Waals surface area contributed by atoms with Crippen molar-refractivity contribution in [3.8, 4) is 0 Å². The van der Waals surface area contributed by atoms with Crippen LogP contribution in [0.2, 0.25) is 5.02 Å². The third-order valence-electron chi connectivity index (χ3n) is 6.71. The van der Waals surface area contributed by atoms with Gasteiger partial charge >= 0.3 is 6.18 Å². The number of carbonyl (C=O) groups excluding carboxylic acids is 2. The van der Waals surface area contributed by atoms with E-state index in [1.54, 1.807) is 6.92 Å². The summed E-state index contributed by atoms with van der Waals surface area (Å²) in [7, 11) is -3.61. The lowest BCUT2D eigenvalue weighted by atomic mass is 10.00. The number of nitrogens with two attached hydrogens (primary N) is 1.